The van der Waals surface area contributed by atoms with Gasteiger partial charge < -0.3 is 15.1 Å². The molecule has 120 valence electrons. The van der Waals surface area contributed by atoms with Gasteiger partial charge in [-0.1, -0.05) is 6.07 Å². The average Bonchev–Trinajstić information content (AvgIpc) is 2.62. The second kappa shape index (κ2) is 7.78. The molecule has 0 bridgehead atoms. The number of rotatable bonds is 3. The molecule has 0 radical (unpaired) electrons. The standard InChI is InChI=1S/C17H16N6O/c1-22-5-7-23(8-6-22)17(24)13-3-2-4-15(9-13)21-16(12-20)14(10-18)11-19/h2-4,9,21H,5-8H2,1H3. The van der Waals surface area contributed by atoms with E-state index in [1.165, 1.54) is 0 Å². The van der Waals surface area contributed by atoms with Gasteiger partial charge in [0.2, 0.25) is 0 Å². The van der Waals surface area contributed by atoms with Crippen LogP contribution in [0.15, 0.2) is 35.5 Å². The van der Waals surface area contributed by atoms with E-state index in [1.54, 1.807) is 47.4 Å². The highest BCUT2D eigenvalue weighted by molar-refractivity contribution is 5.95. The van der Waals surface area contributed by atoms with E-state index in [-0.39, 0.29) is 17.2 Å². The minimum atomic E-state index is -0.298. The number of benzene rings is 1. The summed E-state index contributed by atoms with van der Waals surface area (Å²) in [6, 6.07) is 11.8. The molecule has 1 amide bonds. The Kier molecular flexibility index (Phi) is 5.52. The fraction of sp³-hybridized carbons (Fsp3) is 0.294. The zero-order chi connectivity index (χ0) is 17.5. The van der Waals surface area contributed by atoms with Gasteiger partial charge in [-0.05, 0) is 25.2 Å². The first kappa shape index (κ1) is 17.0. The van der Waals surface area contributed by atoms with Crippen LogP contribution in [0.1, 0.15) is 10.4 Å². The minimum Gasteiger partial charge on any atom is -0.345 e. The lowest BCUT2D eigenvalue weighted by molar-refractivity contribution is 0.0664. The van der Waals surface area contributed by atoms with E-state index >= 15 is 0 Å². The van der Waals surface area contributed by atoms with Crippen molar-refractivity contribution in [2.45, 2.75) is 0 Å². The zero-order valence-electron chi connectivity index (χ0n) is 13.3. The summed E-state index contributed by atoms with van der Waals surface area (Å²) in [5.74, 6) is -0.0740. The van der Waals surface area contributed by atoms with Crippen molar-refractivity contribution in [3.05, 3.63) is 41.1 Å². The molecule has 1 aliphatic rings. The van der Waals surface area contributed by atoms with Gasteiger partial charge in [-0.3, -0.25) is 4.79 Å². The topological polar surface area (TPSA) is 107 Å². The predicted octanol–water partition coefficient (Wildman–Crippen LogP) is 1.31. The second-order valence-corrected chi connectivity index (χ2v) is 5.39. The van der Waals surface area contributed by atoms with E-state index in [4.69, 9.17) is 15.8 Å². The third-order valence-corrected chi connectivity index (χ3v) is 3.75. The van der Waals surface area contributed by atoms with E-state index in [9.17, 15) is 4.79 Å². The number of carbonyl (C=O) groups is 1. The highest BCUT2D eigenvalue weighted by Crippen LogP contribution is 2.16. The molecule has 1 saturated heterocycles. The maximum absolute atomic E-state index is 12.6. The van der Waals surface area contributed by atoms with Crippen LogP contribution in [0.25, 0.3) is 0 Å². The van der Waals surface area contributed by atoms with Gasteiger partial charge in [0.05, 0.1) is 0 Å². The van der Waals surface area contributed by atoms with Crippen molar-refractivity contribution in [1.29, 1.82) is 15.8 Å². The summed E-state index contributed by atoms with van der Waals surface area (Å²) in [6.45, 7) is 3.00. The van der Waals surface area contributed by atoms with Crippen molar-refractivity contribution in [3.8, 4) is 18.2 Å². The molecule has 0 atom stereocenters. The Balaban J connectivity index is 2.19. The third-order valence-electron chi connectivity index (χ3n) is 3.75. The lowest BCUT2D eigenvalue weighted by atomic mass is 10.1. The first-order valence-electron chi connectivity index (χ1n) is 7.38. The Labute approximate surface area is 140 Å². The van der Waals surface area contributed by atoms with Gasteiger partial charge in [0.25, 0.3) is 5.91 Å². The number of hydrogen-bond donors (Lipinski definition) is 1. The second-order valence-electron chi connectivity index (χ2n) is 5.39. The van der Waals surface area contributed by atoms with Crippen LogP contribution < -0.4 is 5.32 Å². The van der Waals surface area contributed by atoms with Crippen LogP contribution in [0.5, 0.6) is 0 Å². The number of likely N-dealkylation sites (N-methyl/N-ethyl adjacent to an activating group) is 1. The lowest BCUT2D eigenvalue weighted by Crippen LogP contribution is -2.47. The van der Waals surface area contributed by atoms with Crippen LogP contribution in [0.4, 0.5) is 5.69 Å². The quantitative estimate of drug-likeness (QED) is 0.841. The van der Waals surface area contributed by atoms with Crippen LogP contribution in [0, 0.1) is 34.0 Å². The summed E-state index contributed by atoms with van der Waals surface area (Å²) in [7, 11) is 2.02. The molecule has 1 aliphatic heterocycles. The predicted molar refractivity (Wildman–Crippen MR) is 87.3 cm³/mol. The SMILES string of the molecule is CN1CCN(C(=O)c2cccc(NC(C#N)=C(C#N)C#N)c2)CC1. The summed E-state index contributed by atoms with van der Waals surface area (Å²) in [5, 5.41) is 29.5. The molecular weight excluding hydrogens is 304 g/mol. The molecule has 24 heavy (non-hydrogen) atoms. The van der Waals surface area contributed by atoms with Gasteiger partial charge in [-0.25, -0.2) is 0 Å². The van der Waals surface area contributed by atoms with Gasteiger partial charge in [-0.15, -0.1) is 0 Å². The van der Waals surface area contributed by atoms with Crippen molar-refractivity contribution < 1.29 is 4.79 Å². The van der Waals surface area contributed by atoms with Crippen molar-refractivity contribution in [1.82, 2.24) is 9.80 Å². The van der Waals surface area contributed by atoms with E-state index < -0.39 is 0 Å². The molecule has 1 fully saturated rings. The van der Waals surface area contributed by atoms with Crippen LogP contribution in [0.2, 0.25) is 0 Å². The molecule has 0 aliphatic carbocycles. The van der Waals surface area contributed by atoms with Gasteiger partial charge in [0, 0.05) is 37.4 Å². The first-order valence-corrected chi connectivity index (χ1v) is 7.38. The van der Waals surface area contributed by atoms with Gasteiger partial charge in [-0.2, -0.15) is 15.8 Å². The first-order chi connectivity index (χ1) is 11.6. The van der Waals surface area contributed by atoms with Crippen molar-refractivity contribution in [2.75, 3.05) is 38.5 Å². The van der Waals surface area contributed by atoms with Crippen LogP contribution in [-0.2, 0) is 0 Å². The Bertz CT molecular complexity index is 769. The molecule has 2 rings (SSSR count). The number of amides is 1. The molecular formula is C17H16N6O. The Morgan fingerprint density at radius 2 is 1.75 bits per heavy atom. The fourth-order valence-electron chi connectivity index (χ4n) is 2.35. The van der Waals surface area contributed by atoms with Crippen LogP contribution >= 0.6 is 0 Å². The zero-order valence-corrected chi connectivity index (χ0v) is 13.3. The number of nitriles is 3. The molecule has 0 spiro atoms. The number of nitrogens with zero attached hydrogens (tertiary/aromatic N) is 5. The van der Waals surface area contributed by atoms with E-state index in [0.29, 0.717) is 24.3 Å². The number of carbonyl (C=O) groups excluding carboxylic acids is 1. The summed E-state index contributed by atoms with van der Waals surface area (Å²) < 4.78 is 0. The van der Waals surface area contributed by atoms with Crippen LogP contribution in [0.3, 0.4) is 0 Å². The highest BCUT2D eigenvalue weighted by Gasteiger charge is 2.20. The molecule has 1 aromatic carbocycles. The van der Waals surface area contributed by atoms with Crippen molar-refractivity contribution >= 4 is 11.6 Å². The minimum absolute atomic E-state index is 0.0740. The summed E-state index contributed by atoms with van der Waals surface area (Å²) in [4.78, 5) is 16.5. The summed E-state index contributed by atoms with van der Waals surface area (Å²) >= 11 is 0. The van der Waals surface area contributed by atoms with Gasteiger partial charge in [0.15, 0.2) is 5.57 Å². The van der Waals surface area contributed by atoms with E-state index in [2.05, 4.69) is 10.2 Å². The normalized spacial score (nSPS) is 14.0. The molecule has 7 nitrogen and oxygen atoms in total. The van der Waals surface area contributed by atoms with Crippen molar-refractivity contribution in [2.24, 2.45) is 0 Å². The molecule has 0 saturated carbocycles. The van der Waals surface area contributed by atoms with E-state index in [1.807, 2.05) is 7.05 Å². The molecule has 0 unspecified atom stereocenters. The average molecular weight is 320 g/mol. The Morgan fingerprint density at radius 1 is 1.08 bits per heavy atom. The number of piperazine rings is 1. The Morgan fingerprint density at radius 3 is 2.33 bits per heavy atom. The molecule has 1 heterocycles. The van der Waals surface area contributed by atoms with Gasteiger partial charge >= 0.3 is 0 Å². The summed E-state index contributed by atoms with van der Waals surface area (Å²) in [6.07, 6.45) is 0. The number of hydrogen-bond acceptors (Lipinski definition) is 6. The molecule has 7 heteroatoms. The summed E-state index contributed by atoms with van der Waals surface area (Å²) in [5.41, 5.74) is 0.546. The Hall–Kier alpha value is -3.34. The maximum Gasteiger partial charge on any atom is 0.254 e. The van der Waals surface area contributed by atoms with Gasteiger partial charge in [0.1, 0.15) is 23.9 Å². The third kappa shape index (κ3) is 3.89. The maximum atomic E-state index is 12.6. The number of anilines is 1. The molecule has 1 N–H and O–H groups in total. The van der Waals surface area contributed by atoms with E-state index in [0.717, 1.165) is 13.1 Å². The monoisotopic (exact) mass is 320 g/mol. The van der Waals surface area contributed by atoms with Crippen molar-refractivity contribution in [3.63, 3.8) is 0 Å². The fourth-order valence-corrected chi connectivity index (χ4v) is 2.35. The molecule has 0 aromatic heterocycles. The number of nitrogens with one attached hydrogen (secondary N) is 1. The number of allylic oxidation sites excluding steroid dienone is 2. The highest BCUT2D eigenvalue weighted by atomic mass is 16.2. The molecule has 1 aromatic rings. The largest absolute Gasteiger partial charge is 0.345 e. The smallest absolute Gasteiger partial charge is 0.254 e. The lowest BCUT2D eigenvalue weighted by Gasteiger charge is -2.32. The van der Waals surface area contributed by atoms with Crippen LogP contribution in [-0.4, -0.2) is 48.9 Å².